The van der Waals surface area contributed by atoms with Crippen LogP contribution < -0.4 is 0 Å². The fourth-order valence-electron chi connectivity index (χ4n) is 2.05. The summed E-state index contributed by atoms with van der Waals surface area (Å²) in [5, 5.41) is 15.6. The Morgan fingerprint density at radius 3 is 3.12 bits per heavy atom. The number of nitrogens with one attached hydrogen (secondary N) is 1. The minimum atomic E-state index is 0.437. The molecule has 1 aliphatic heterocycles. The van der Waals surface area contributed by atoms with Crippen molar-refractivity contribution >= 4 is 11.8 Å². The standard InChI is InChI=1S/C13H11N3S/c14-8-11-7-12(16-15-11)9-3-4-13-10(6-9)2-1-5-17-13/h3-4,6-7H,1-2,5H2,(H,15,16). The van der Waals surface area contributed by atoms with E-state index in [1.165, 1.54) is 22.6 Å². The number of rotatable bonds is 1. The average molecular weight is 241 g/mol. The Kier molecular flexibility index (Phi) is 2.62. The lowest BCUT2D eigenvalue weighted by Gasteiger charge is -2.15. The van der Waals surface area contributed by atoms with Gasteiger partial charge in [-0.05, 0) is 41.9 Å². The summed E-state index contributed by atoms with van der Waals surface area (Å²) in [7, 11) is 0. The monoisotopic (exact) mass is 241 g/mol. The molecule has 1 aliphatic rings. The summed E-state index contributed by atoms with van der Waals surface area (Å²) in [6.07, 6.45) is 2.39. The predicted octanol–water partition coefficient (Wildman–Crippen LogP) is 2.99. The lowest BCUT2D eigenvalue weighted by molar-refractivity contribution is 0.890. The molecule has 0 atom stereocenters. The summed E-state index contributed by atoms with van der Waals surface area (Å²) >= 11 is 1.92. The van der Waals surface area contributed by atoms with Gasteiger partial charge < -0.3 is 0 Å². The Morgan fingerprint density at radius 1 is 1.35 bits per heavy atom. The van der Waals surface area contributed by atoms with E-state index in [-0.39, 0.29) is 0 Å². The Bertz CT molecular complexity index is 595. The van der Waals surface area contributed by atoms with Crippen LogP contribution >= 0.6 is 11.8 Å². The van der Waals surface area contributed by atoms with Crippen LogP contribution in [0.3, 0.4) is 0 Å². The van der Waals surface area contributed by atoms with Crippen molar-refractivity contribution in [3.63, 3.8) is 0 Å². The van der Waals surface area contributed by atoms with E-state index < -0.39 is 0 Å². The van der Waals surface area contributed by atoms with Gasteiger partial charge in [0.15, 0.2) is 5.69 Å². The van der Waals surface area contributed by atoms with Gasteiger partial charge in [0.05, 0.1) is 5.69 Å². The number of nitriles is 1. The van der Waals surface area contributed by atoms with Crippen molar-refractivity contribution in [1.29, 1.82) is 5.26 Å². The van der Waals surface area contributed by atoms with Gasteiger partial charge in [0.2, 0.25) is 0 Å². The van der Waals surface area contributed by atoms with Crippen molar-refractivity contribution in [2.45, 2.75) is 17.7 Å². The zero-order valence-electron chi connectivity index (χ0n) is 9.23. The normalized spacial score (nSPS) is 14.1. The molecule has 0 spiro atoms. The minimum absolute atomic E-state index is 0.437. The molecule has 0 bridgehead atoms. The highest BCUT2D eigenvalue weighted by Gasteiger charge is 2.11. The highest BCUT2D eigenvalue weighted by atomic mass is 32.2. The van der Waals surface area contributed by atoms with Gasteiger partial charge in [-0.1, -0.05) is 6.07 Å². The quantitative estimate of drug-likeness (QED) is 0.835. The fraction of sp³-hybridized carbons (Fsp3) is 0.231. The van der Waals surface area contributed by atoms with Crippen molar-refractivity contribution in [2.24, 2.45) is 0 Å². The highest BCUT2D eigenvalue weighted by molar-refractivity contribution is 7.99. The van der Waals surface area contributed by atoms with E-state index in [9.17, 15) is 0 Å². The summed E-state index contributed by atoms with van der Waals surface area (Å²) in [5.74, 6) is 1.22. The highest BCUT2D eigenvalue weighted by Crippen LogP contribution is 2.32. The molecule has 1 N–H and O–H groups in total. The van der Waals surface area contributed by atoms with E-state index in [1.54, 1.807) is 6.07 Å². The molecule has 0 amide bonds. The molecule has 0 unspecified atom stereocenters. The average Bonchev–Trinajstić information content (AvgIpc) is 2.87. The minimum Gasteiger partial charge on any atom is -0.277 e. The smallest absolute Gasteiger partial charge is 0.162 e. The fourth-order valence-corrected chi connectivity index (χ4v) is 3.07. The van der Waals surface area contributed by atoms with Crippen molar-refractivity contribution in [3.8, 4) is 17.3 Å². The van der Waals surface area contributed by atoms with Gasteiger partial charge >= 0.3 is 0 Å². The first-order chi connectivity index (χ1) is 8.36. The van der Waals surface area contributed by atoms with Gasteiger partial charge in [0, 0.05) is 11.0 Å². The van der Waals surface area contributed by atoms with E-state index in [2.05, 4.69) is 28.4 Å². The molecule has 2 heterocycles. The number of H-pyrrole nitrogens is 1. The molecular weight excluding hydrogens is 230 g/mol. The first-order valence-electron chi connectivity index (χ1n) is 5.58. The summed E-state index contributed by atoms with van der Waals surface area (Å²) in [6, 6.07) is 10.3. The van der Waals surface area contributed by atoms with Crippen molar-refractivity contribution < 1.29 is 0 Å². The molecule has 0 saturated heterocycles. The molecule has 17 heavy (non-hydrogen) atoms. The van der Waals surface area contributed by atoms with Gasteiger partial charge in [-0.15, -0.1) is 11.8 Å². The number of aromatic amines is 1. The molecule has 4 heteroatoms. The van der Waals surface area contributed by atoms with E-state index in [0.29, 0.717) is 5.69 Å². The lowest BCUT2D eigenvalue weighted by Crippen LogP contribution is -1.98. The number of aromatic nitrogens is 2. The number of nitrogens with zero attached hydrogens (tertiary/aromatic N) is 2. The van der Waals surface area contributed by atoms with Gasteiger partial charge in [-0.2, -0.15) is 10.4 Å². The SMILES string of the molecule is N#Cc1cc(-c2ccc3c(c2)CCCS3)[nH]n1. The van der Waals surface area contributed by atoms with E-state index in [1.807, 2.05) is 17.8 Å². The van der Waals surface area contributed by atoms with Crippen LogP contribution in [0, 0.1) is 11.3 Å². The second-order valence-corrected chi connectivity index (χ2v) is 5.19. The van der Waals surface area contributed by atoms with Gasteiger partial charge in [0.25, 0.3) is 0 Å². The summed E-state index contributed by atoms with van der Waals surface area (Å²) in [6.45, 7) is 0. The van der Waals surface area contributed by atoms with E-state index in [0.717, 1.165) is 17.7 Å². The molecule has 1 aromatic carbocycles. The first kappa shape index (κ1) is 10.4. The molecule has 3 nitrogen and oxygen atoms in total. The van der Waals surface area contributed by atoms with Gasteiger partial charge in [0.1, 0.15) is 6.07 Å². The number of benzene rings is 1. The largest absolute Gasteiger partial charge is 0.277 e. The number of thioether (sulfide) groups is 1. The number of fused-ring (bicyclic) bond motifs is 1. The predicted molar refractivity (Wildman–Crippen MR) is 67.8 cm³/mol. The van der Waals surface area contributed by atoms with Crippen LogP contribution in [0.2, 0.25) is 0 Å². The van der Waals surface area contributed by atoms with Gasteiger partial charge in [-0.3, -0.25) is 5.10 Å². The van der Waals surface area contributed by atoms with Gasteiger partial charge in [-0.25, -0.2) is 0 Å². The number of hydrogen-bond acceptors (Lipinski definition) is 3. The summed E-state index contributed by atoms with van der Waals surface area (Å²) in [4.78, 5) is 1.39. The second-order valence-electron chi connectivity index (χ2n) is 4.05. The van der Waals surface area contributed by atoms with Crippen molar-refractivity contribution in [2.75, 3.05) is 5.75 Å². The first-order valence-corrected chi connectivity index (χ1v) is 6.57. The molecule has 0 radical (unpaired) electrons. The van der Waals surface area contributed by atoms with Crippen LogP contribution in [0.15, 0.2) is 29.2 Å². The number of aryl methyl sites for hydroxylation is 1. The lowest BCUT2D eigenvalue weighted by atomic mass is 10.0. The van der Waals surface area contributed by atoms with Crippen LogP contribution in [0.5, 0.6) is 0 Å². The molecule has 0 fully saturated rings. The van der Waals surface area contributed by atoms with Crippen molar-refractivity contribution in [3.05, 3.63) is 35.5 Å². The third-order valence-corrected chi connectivity index (χ3v) is 4.11. The molecule has 3 rings (SSSR count). The third kappa shape index (κ3) is 1.94. The molecule has 84 valence electrons. The molecule has 0 saturated carbocycles. The van der Waals surface area contributed by atoms with Crippen LogP contribution in [-0.2, 0) is 6.42 Å². The molecule has 0 aliphatic carbocycles. The molecular formula is C13H11N3S. The number of hydrogen-bond donors (Lipinski definition) is 1. The van der Waals surface area contributed by atoms with Crippen LogP contribution in [0.25, 0.3) is 11.3 Å². The Morgan fingerprint density at radius 2 is 2.29 bits per heavy atom. The van der Waals surface area contributed by atoms with Crippen LogP contribution in [-0.4, -0.2) is 16.0 Å². The maximum Gasteiger partial charge on any atom is 0.162 e. The Labute approximate surface area is 104 Å². The van der Waals surface area contributed by atoms with Crippen LogP contribution in [0.4, 0.5) is 0 Å². The zero-order chi connectivity index (χ0) is 11.7. The van der Waals surface area contributed by atoms with E-state index in [4.69, 9.17) is 5.26 Å². The molecule has 1 aromatic heterocycles. The maximum absolute atomic E-state index is 8.75. The van der Waals surface area contributed by atoms with Crippen LogP contribution in [0.1, 0.15) is 17.7 Å². The zero-order valence-corrected chi connectivity index (χ0v) is 10.0. The Hall–Kier alpha value is -1.73. The van der Waals surface area contributed by atoms with Crippen molar-refractivity contribution in [1.82, 2.24) is 10.2 Å². The maximum atomic E-state index is 8.75. The second kappa shape index (κ2) is 4.27. The third-order valence-electron chi connectivity index (χ3n) is 2.91. The summed E-state index contributed by atoms with van der Waals surface area (Å²) in [5.41, 5.74) is 3.87. The Balaban J connectivity index is 2.01. The summed E-state index contributed by atoms with van der Waals surface area (Å²) < 4.78 is 0. The molecule has 2 aromatic rings. The van der Waals surface area contributed by atoms with E-state index >= 15 is 0 Å². The topological polar surface area (TPSA) is 52.5 Å².